The second-order valence-corrected chi connectivity index (χ2v) is 7.76. The summed E-state index contributed by atoms with van der Waals surface area (Å²) >= 11 is 1.53. The quantitative estimate of drug-likeness (QED) is 0.685. The van der Waals surface area contributed by atoms with Gasteiger partial charge in [-0.15, -0.1) is 0 Å². The molecule has 2 heterocycles. The topological polar surface area (TPSA) is 53.5 Å². The van der Waals surface area contributed by atoms with E-state index >= 15 is 0 Å². The highest BCUT2D eigenvalue weighted by molar-refractivity contribution is 7.22. The standard InChI is InChI=1S/C21H21N3O2S/c1-15(25)23-13-11-16(12-14-23)20(26)24(17-7-3-2-4-8-17)21-22-18-9-5-6-10-19(18)27-21/h2-10,16H,11-14H2,1H3. The first-order valence-electron chi connectivity index (χ1n) is 9.13. The Hall–Kier alpha value is -2.73. The zero-order valence-electron chi connectivity index (χ0n) is 15.2. The Bertz CT molecular complexity index is 929. The zero-order valence-corrected chi connectivity index (χ0v) is 16.0. The molecule has 0 unspecified atom stereocenters. The maximum atomic E-state index is 13.4. The normalized spacial score (nSPS) is 15.1. The molecule has 3 aromatic rings. The lowest BCUT2D eigenvalue weighted by Gasteiger charge is -2.33. The van der Waals surface area contributed by atoms with Crippen molar-refractivity contribution in [3.05, 3.63) is 54.6 Å². The molecule has 0 saturated carbocycles. The van der Waals surface area contributed by atoms with Gasteiger partial charge in [-0.2, -0.15) is 0 Å². The average Bonchev–Trinajstić information content (AvgIpc) is 3.12. The third-order valence-corrected chi connectivity index (χ3v) is 6.02. The maximum Gasteiger partial charge on any atom is 0.236 e. The number of para-hydroxylation sites is 2. The van der Waals surface area contributed by atoms with Crippen molar-refractivity contribution in [3.8, 4) is 0 Å². The Morgan fingerprint density at radius 3 is 2.37 bits per heavy atom. The molecule has 2 amide bonds. The minimum atomic E-state index is -0.104. The molecule has 4 rings (SSSR count). The van der Waals surface area contributed by atoms with E-state index in [1.165, 1.54) is 11.3 Å². The van der Waals surface area contributed by atoms with Gasteiger partial charge in [0.05, 0.1) is 15.9 Å². The van der Waals surface area contributed by atoms with Crippen LogP contribution in [0.5, 0.6) is 0 Å². The molecule has 6 heteroatoms. The van der Waals surface area contributed by atoms with Crippen molar-refractivity contribution in [2.24, 2.45) is 5.92 Å². The fourth-order valence-electron chi connectivity index (χ4n) is 3.49. The van der Waals surface area contributed by atoms with Crippen molar-refractivity contribution in [1.82, 2.24) is 9.88 Å². The number of aromatic nitrogens is 1. The highest BCUT2D eigenvalue weighted by Crippen LogP contribution is 2.35. The van der Waals surface area contributed by atoms with E-state index in [4.69, 9.17) is 4.98 Å². The summed E-state index contributed by atoms with van der Waals surface area (Å²) in [4.78, 5) is 33.3. The van der Waals surface area contributed by atoms with Crippen LogP contribution in [0.3, 0.4) is 0 Å². The first-order valence-corrected chi connectivity index (χ1v) is 9.95. The van der Waals surface area contributed by atoms with Crippen molar-refractivity contribution in [2.75, 3.05) is 18.0 Å². The summed E-state index contributed by atoms with van der Waals surface area (Å²) in [6.07, 6.45) is 1.37. The summed E-state index contributed by atoms with van der Waals surface area (Å²) in [6, 6.07) is 17.6. The van der Waals surface area contributed by atoms with Gasteiger partial charge in [0.1, 0.15) is 0 Å². The Morgan fingerprint density at radius 1 is 1.04 bits per heavy atom. The molecule has 138 valence electrons. The Morgan fingerprint density at radius 2 is 1.70 bits per heavy atom. The van der Waals surface area contributed by atoms with E-state index in [0.717, 1.165) is 15.9 Å². The Balaban J connectivity index is 1.66. The number of nitrogens with zero attached hydrogens (tertiary/aromatic N) is 3. The van der Waals surface area contributed by atoms with Gasteiger partial charge in [-0.3, -0.25) is 14.5 Å². The minimum Gasteiger partial charge on any atom is -0.343 e. The van der Waals surface area contributed by atoms with Crippen LogP contribution in [-0.2, 0) is 9.59 Å². The number of piperidine rings is 1. The van der Waals surface area contributed by atoms with Gasteiger partial charge in [-0.05, 0) is 37.1 Å². The number of fused-ring (bicyclic) bond motifs is 1. The predicted molar refractivity (Wildman–Crippen MR) is 108 cm³/mol. The Labute approximate surface area is 162 Å². The molecule has 0 atom stereocenters. The highest BCUT2D eigenvalue weighted by atomic mass is 32.1. The molecule has 27 heavy (non-hydrogen) atoms. The number of amides is 2. The van der Waals surface area contributed by atoms with Crippen LogP contribution >= 0.6 is 11.3 Å². The van der Waals surface area contributed by atoms with Gasteiger partial charge in [0.25, 0.3) is 0 Å². The minimum absolute atomic E-state index is 0.0588. The molecule has 1 aliphatic rings. The van der Waals surface area contributed by atoms with Crippen LogP contribution in [0.2, 0.25) is 0 Å². The molecule has 0 N–H and O–H groups in total. The van der Waals surface area contributed by atoms with Crippen molar-refractivity contribution in [3.63, 3.8) is 0 Å². The average molecular weight is 379 g/mol. The third-order valence-electron chi connectivity index (χ3n) is 5.00. The number of benzene rings is 2. The largest absolute Gasteiger partial charge is 0.343 e. The van der Waals surface area contributed by atoms with E-state index in [9.17, 15) is 9.59 Å². The summed E-state index contributed by atoms with van der Waals surface area (Å²) in [5.74, 6) is 0.0308. The summed E-state index contributed by atoms with van der Waals surface area (Å²) in [6.45, 7) is 2.85. The molecule has 1 saturated heterocycles. The lowest BCUT2D eigenvalue weighted by atomic mass is 9.95. The van der Waals surface area contributed by atoms with Crippen LogP contribution in [0.15, 0.2) is 54.6 Å². The number of carbonyl (C=O) groups excluding carboxylic acids is 2. The van der Waals surface area contributed by atoms with Gasteiger partial charge >= 0.3 is 0 Å². The van der Waals surface area contributed by atoms with Gasteiger partial charge in [0, 0.05) is 25.9 Å². The van der Waals surface area contributed by atoms with Crippen LogP contribution in [0.25, 0.3) is 10.2 Å². The first kappa shape index (κ1) is 17.7. The first-order chi connectivity index (χ1) is 13.1. The van der Waals surface area contributed by atoms with E-state index in [0.29, 0.717) is 31.1 Å². The van der Waals surface area contributed by atoms with Gasteiger partial charge in [0.2, 0.25) is 11.8 Å². The molecule has 0 aliphatic carbocycles. The van der Waals surface area contributed by atoms with Crippen LogP contribution in [0, 0.1) is 5.92 Å². The SMILES string of the molecule is CC(=O)N1CCC(C(=O)N(c2ccccc2)c2nc3ccccc3s2)CC1. The summed E-state index contributed by atoms with van der Waals surface area (Å²) in [7, 11) is 0. The van der Waals surface area contributed by atoms with Gasteiger partial charge in [-0.25, -0.2) is 4.98 Å². The lowest BCUT2D eigenvalue weighted by Crippen LogP contribution is -2.42. The summed E-state index contributed by atoms with van der Waals surface area (Å²) < 4.78 is 1.06. The number of carbonyl (C=O) groups is 2. The molecular weight excluding hydrogens is 358 g/mol. The molecule has 0 spiro atoms. The highest BCUT2D eigenvalue weighted by Gasteiger charge is 2.32. The lowest BCUT2D eigenvalue weighted by molar-refractivity contribution is -0.132. The van der Waals surface area contributed by atoms with E-state index in [2.05, 4.69) is 0 Å². The number of anilines is 2. The fourth-order valence-corrected chi connectivity index (χ4v) is 4.48. The van der Waals surface area contributed by atoms with Crippen LogP contribution in [0.4, 0.5) is 10.8 Å². The van der Waals surface area contributed by atoms with E-state index in [-0.39, 0.29) is 17.7 Å². The van der Waals surface area contributed by atoms with Gasteiger partial charge in [0.15, 0.2) is 5.13 Å². The molecule has 1 aliphatic heterocycles. The number of rotatable bonds is 3. The second-order valence-electron chi connectivity index (χ2n) is 6.75. The third kappa shape index (κ3) is 3.57. The number of thiazole rings is 1. The molecule has 1 fully saturated rings. The number of hydrogen-bond donors (Lipinski definition) is 0. The molecule has 0 bridgehead atoms. The van der Waals surface area contributed by atoms with Crippen molar-refractivity contribution in [2.45, 2.75) is 19.8 Å². The van der Waals surface area contributed by atoms with E-state index < -0.39 is 0 Å². The smallest absolute Gasteiger partial charge is 0.236 e. The number of hydrogen-bond acceptors (Lipinski definition) is 4. The maximum absolute atomic E-state index is 13.4. The molecule has 2 aromatic carbocycles. The van der Waals surface area contributed by atoms with Crippen LogP contribution in [-0.4, -0.2) is 34.8 Å². The molecular formula is C21H21N3O2S. The van der Waals surface area contributed by atoms with E-state index in [1.807, 2.05) is 59.5 Å². The zero-order chi connectivity index (χ0) is 18.8. The number of likely N-dealkylation sites (tertiary alicyclic amines) is 1. The molecule has 1 aromatic heterocycles. The van der Waals surface area contributed by atoms with Crippen molar-refractivity contribution < 1.29 is 9.59 Å². The Kier molecular flexibility index (Phi) is 4.90. The fraction of sp³-hybridized carbons (Fsp3) is 0.286. The van der Waals surface area contributed by atoms with Crippen molar-refractivity contribution in [1.29, 1.82) is 0 Å². The van der Waals surface area contributed by atoms with Gasteiger partial charge < -0.3 is 4.90 Å². The predicted octanol–water partition coefficient (Wildman–Crippen LogP) is 4.22. The molecule has 5 nitrogen and oxygen atoms in total. The van der Waals surface area contributed by atoms with Gasteiger partial charge in [-0.1, -0.05) is 41.7 Å². The summed E-state index contributed by atoms with van der Waals surface area (Å²) in [5.41, 5.74) is 1.73. The van der Waals surface area contributed by atoms with Crippen LogP contribution < -0.4 is 4.90 Å². The second kappa shape index (κ2) is 7.48. The summed E-state index contributed by atoms with van der Waals surface area (Å²) in [5, 5.41) is 0.696. The van der Waals surface area contributed by atoms with E-state index in [1.54, 1.807) is 11.8 Å². The van der Waals surface area contributed by atoms with Crippen molar-refractivity contribution >= 4 is 44.2 Å². The molecule has 0 radical (unpaired) electrons. The monoisotopic (exact) mass is 379 g/mol. The van der Waals surface area contributed by atoms with Crippen LogP contribution in [0.1, 0.15) is 19.8 Å².